The summed E-state index contributed by atoms with van der Waals surface area (Å²) in [5.41, 5.74) is 0.204. The number of aryl methyl sites for hydroxylation is 1. The van der Waals surface area contributed by atoms with Crippen LogP contribution in [-0.4, -0.2) is 41.7 Å². The highest BCUT2D eigenvalue weighted by Gasteiger charge is 2.35. The summed E-state index contributed by atoms with van der Waals surface area (Å²) >= 11 is 1.26. The highest BCUT2D eigenvalue weighted by Crippen LogP contribution is 2.35. The highest BCUT2D eigenvalue weighted by atomic mass is 32.2. The lowest BCUT2D eigenvalue weighted by Gasteiger charge is -2.27. The van der Waals surface area contributed by atoms with E-state index < -0.39 is 11.2 Å². The molecule has 2 aromatic heterocycles. The van der Waals surface area contributed by atoms with Crippen LogP contribution in [0.2, 0.25) is 0 Å². The summed E-state index contributed by atoms with van der Waals surface area (Å²) in [6, 6.07) is 0.299. The smallest absolute Gasteiger partial charge is 0.313 e. The normalized spacial score (nSPS) is 16.8. The van der Waals surface area contributed by atoms with E-state index in [0.717, 1.165) is 42.4 Å². The Bertz CT molecular complexity index is 1220. The van der Waals surface area contributed by atoms with E-state index in [1.807, 2.05) is 25.7 Å². The van der Waals surface area contributed by atoms with Crippen LogP contribution in [0.3, 0.4) is 0 Å². The fourth-order valence-corrected chi connectivity index (χ4v) is 4.91. The van der Waals surface area contributed by atoms with Gasteiger partial charge in [0.15, 0.2) is 5.65 Å². The summed E-state index contributed by atoms with van der Waals surface area (Å²) in [7, 11) is 3.05. The minimum Gasteiger partial charge on any atom is -0.313 e. The molecule has 0 N–H and O–H groups in total. The van der Waals surface area contributed by atoms with Crippen LogP contribution in [0.4, 0.5) is 0 Å². The van der Waals surface area contributed by atoms with E-state index in [9.17, 15) is 14.4 Å². The first-order valence-corrected chi connectivity index (χ1v) is 12.2. The van der Waals surface area contributed by atoms with Gasteiger partial charge < -0.3 is 4.90 Å². The van der Waals surface area contributed by atoms with Crippen molar-refractivity contribution in [3.05, 3.63) is 38.4 Å². The van der Waals surface area contributed by atoms with Gasteiger partial charge in [-0.15, -0.1) is 0 Å². The second-order valence-corrected chi connectivity index (χ2v) is 10.7. The summed E-state index contributed by atoms with van der Waals surface area (Å²) in [5.74, 6) is 0.781. The van der Waals surface area contributed by atoms with Gasteiger partial charge in [-0.3, -0.25) is 18.7 Å². The van der Waals surface area contributed by atoms with E-state index in [4.69, 9.17) is 0 Å². The zero-order valence-electron chi connectivity index (χ0n) is 19.5. The van der Waals surface area contributed by atoms with Crippen molar-refractivity contribution in [3.8, 4) is 0 Å². The van der Waals surface area contributed by atoms with E-state index in [1.54, 1.807) is 7.05 Å². The number of fused-ring (bicyclic) bond motifs is 1. The largest absolute Gasteiger partial charge is 0.332 e. The molecule has 2 heterocycles. The molecule has 0 radical (unpaired) electrons. The number of hydrogen-bond donors (Lipinski definition) is 0. The molecule has 0 saturated heterocycles. The quantitative estimate of drug-likeness (QED) is 0.507. The van der Waals surface area contributed by atoms with E-state index in [1.165, 1.54) is 29.8 Å². The number of nitrogens with zero attached hydrogens (tertiary/aromatic N) is 5. The van der Waals surface area contributed by atoms with Gasteiger partial charge >= 0.3 is 5.69 Å². The van der Waals surface area contributed by atoms with Gasteiger partial charge in [0, 0.05) is 31.2 Å². The van der Waals surface area contributed by atoms with Gasteiger partial charge in [0.2, 0.25) is 5.91 Å². The zero-order valence-corrected chi connectivity index (χ0v) is 20.3. The first-order chi connectivity index (χ1) is 15.1. The summed E-state index contributed by atoms with van der Waals surface area (Å²) < 4.78 is 2.44. The SMILES string of the molecule is Cn1c(=O)c2c(SCC(=O)N(C3=CCCCC3)C3CC3)nc(C(C)(C)C)nc2n(C)c1=O. The maximum atomic E-state index is 13.3. The van der Waals surface area contributed by atoms with Crippen LogP contribution in [0.15, 0.2) is 26.4 Å². The summed E-state index contributed by atoms with van der Waals surface area (Å²) in [6.07, 6.45) is 8.55. The second kappa shape index (κ2) is 8.50. The van der Waals surface area contributed by atoms with Crippen molar-refractivity contribution in [2.45, 2.75) is 75.8 Å². The Balaban J connectivity index is 1.73. The molecule has 172 valence electrons. The van der Waals surface area contributed by atoms with Gasteiger partial charge in [0.1, 0.15) is 16.2 Å². The Hall–Kier alpha value is -2.42. The van der Waals surface area contributed by atoms with Crippen molar-refractivity contribution in [2.75, 3.05) is 5.75 Å². The van der Waals surface area contributed by atoms with Gasteiger partial charge in [-0.25, -0.2) is 14.8 Å². The molecule has 0 atom stereocenters. The van der Waals surface area contributed by atoms with Gasteiger partial charge in [0.25, 0.3) is 5.56 Å². The Labute approximate surface area is 191 Å². The fraction of sp³-hybridized carbons (Fsp3) is 0.609. The maximum absolute atomic E-state index is 13.3. The molecule has 4 rings (SSSR count). The van der Waals surface area contributed by atoms with Crippen LogP contribution in [0, 0.1) is 0 Å². The van der Waals surface area contributed by atoms with Crippen LogP contribution >= 0.6 is 11.8 Å². The van der Waals surface area contributed by atoms with Gasteiger partial charge in [-0.05, 0) is 38.5 Å². The lowest BCUT2D eigenvalue weighted by Crippen LogP contribution is -2.38. The molecule has 0 bridgehead atoms. The fourth-order valence-electron chi connectivity index (χ4n) is 4.04. The van der Waals surface area contributed by atoms with E-state index in [2.05, 4.69) is 16.0 Å². The maximum Gasteiger partial charge on any atom is 0.332 e. The summed E-state index contributed by atoms with van der Waals surface area (Å²) in [5, 5.41) is 0.744. The van der Waals surface area contributed by atoms with Gasteiger partial charge in [0.05, 0.1) is 5.75 Å². The van der Waals surface area contributed by atoms with Crippen molar-refractivity contribution in [3.63, 3.8) is 0 Å². The molecular formula is C23H31N5O3S. The molecule has 8 nitrogen and oxygen atoms in total. The number of allylic oxidation sites excluding steroid dienone is 2. The standard InChI is InChI=1S/C23H31N5O3S/c1-23(2,3)21-24-18-17(20(30)27(5)22(31)26(18)4)19(25-21)32-13-16(29)28(15-11-12-15)14-9-7-6-8-10-14/h9,15H,6-8,10-13H2,1-5H3. The number of rotatable bonds is 5. The molecule has 1 saturated carbocycles. The Morgan fingerprint density at radius 1 is 1.16 bits per heavy atom. The molecular weight excluding hydrogens is 426 g/mol. The third-order valence-electron chi connectivity index (χ3n) is 6.03. The predicted octanol–water partition coefficient (Wildman–Crippen LogP) is 2.87. The molecule has 0 unspecified atom stereocenters. The molecule has 1 fully saturated rings. The number of amides is 1. The average Bonchev–Trinajstić information content (AvgIpc) is 3.59. The third kappa shape index (κ3) is 4.27. The van der Waals surface area contributed by atoms with Crippen molar-refractivity contribution < 1.29 is 4.79 Å². The summed E-state index contributed by atoms with van der Waals surface area (Å²) in [6.45, 7) is 5.95. The zero-order chi connectivity index (χ0) is 23.2. The van der Waals surface area contributed by atoms with Crippen molar-refractivity contribution in [1.29, 1.82) is 0 Å². The number of hydrogen-bond acceptors (Lipinski definition) is 6. The lowest BCUT2D eigenvalue weighted by atomic mass is 9.96. The van der Waals surface area contributed by atoms with Crippen molar-refractivity contribution >= 4 is 28.7 Å². The highest BCUT2D eigenvalue weighted by molar-refractivity contribution is 8.00. The molecule has 2 aliphatic carbocycles. The van der Waals surface area contributed by atoms with E-state index >= 15 is 0 Å². The van der Waals surface area contributed by atoms with Gasteiger partial charge in [-0.1, -0.05) is 38.6 Å². The number of carbonyl (C=O) groups excluding carboxylic acids is 1. The number of aromatic nitrogens is 4. The monoisotopic (exact) mass is 457 g/mol. The van der Waals surface area contributed by atoms with Crippen LogP contribution in [0.25, 0.3) is 11.0 Å². The van der Waals surface area contributed by atoms with E-state index in [-0.39, 0.29) is 22.5 Å². The van der Waals surface area contributed by atoms with Crippen LogP contribution in [0.5, 0.6) is 0 Å². The predicted molar refractivity (Wildman–Crippen MR) is 126 cm³/mol. The van der Waals surface area contributed by atoms with E-state index in [0.29, 0.717) is 22.5 Å². The van der Waals surface area contributed by atoms with Gasteiger partial charge in [-0.2, -0.15) is 0 Å². The Kier molecular flexibility index (Phi) is 6.04. The Morgan fingerprint density at radius 3 is 2.47 bits per heavy atom. The number of carbonyl (C=O) groups is 1. The van der Waals surface area contributed by atoms with Crippen LogP contribution in [0.1, 0.15) is 65.1 Å². The minimum atomic E-state index is -0.437. The lowest BCUT2D eigenvalue weighted by molar-refractivity contribution is -0.127. The minimum absolute atomic E-state index is 0.0522. The molecule has 32 heavy (non-hydrogen) atoms. The third-order valence-corrected chi connectivity index (χ3v) is 6.99. The molecule has 0 aliphatic heterocycles. The first-order valence-electron chi connectivity index (χ1n) is 11.2. The average molecular weight is 458 g/mol. The molecule has 0 aromatic carbocycles. The summed E-state index contributed by atoms with van der Waals surface area (Å²) in [4.78, 5) is 50.0. The molecule has 9 heteroatoms. The molecule has 2 aromatic rings. The molecule has 1 amide bonds. The van der Waals surface area contributed by atoms with Crippen molar-refractivity contribution in [2.24, 2.45) is 14.1 Å². The number of thioether (sulfide) groups is 1. The molecule has 0 spiro atoms. The van der Waals surface area contributed by atoms with Crippen molar-refractivity contribution in [1.82, 2.24) is 24.0 Å². The topological polar surface area (TPSA) is 90.1 Å². The second-order valence-electron chi connectivity index (χ2n) is 9.73. The van der Waals surface area contributed by atoms with Crippen LogP contribution in [-0.2, 0) is 24.3 Å². The first kappa shape index (κ1) is 22.8. The Morgan fingerprint density at radius 2 is 1.88 bits per heavy atom. The van der Waals surface area contributed by atoms with Crippen LogP contribution < -0.4 is 11.2 Å². The molecule has 2 aliphatic rings.